The number of benzene rings is 1. The third kappa shape index (κ3) is 3.71. The van der Waals surface area contributed by atoms with E-state index in [1.54, 1.807) is 24.4 Å². The van der Waals surface area contributed by atoms with Crippen LogP contribution in [0.2, 0.25) is 0 Å². The van der Waals surface area contributed by atoms with E-state index in [1.807, 2.05) is 6.07 Å². The van der Waals surface area contributed by atoms with E-state index in [9.17, 15) is 5.11 Å². The Labute approximate surface area is 130 Å². The Kier molecular flexibility index (Phi) is 4.36. The number of rotatable bonds is 3. The minimum Gasteiger partial charge on any atom is -0.508 e. The number of phenols is 1. The van der Waals surface area contributed by atoms with E-state index in [-0.39, 0.29) is 5.75 Å². The van der Waals surface area contributed by atoms with Crippen LogP contribution in [0.15, 0.2) is 29.4 Å². The van der Waals surface area contributed by atoms with Gasteiger partial charge in [0, 0.05) is 12.6 Å². The Morgan fingerprint density at radius 3 is 2.86 bits per heavy atom. The lowest BCUT2D eigenvalue weighted by atomic mass is 9.84. The van der Waals surface area contributed by atoms with Crippen molar-refractivity contribution < 1.29 is 5.11 Å². The van der Waals surface area contributed by atoms with E-state index in [0.717, 1.165) is 18.0 Å². The highest BCUT2D eigenvalue weighted by Crippen LogP contribution is 2.27. The van der Waals surface area contributed by atoms with Crippen molar-refractivity contribution in [1.29, 1.82) is 0 Å². The number of piperidine rings is 3. The maximum atomic E-state index is 9.37. The molecule has 2 bridgehead atoms. The van der Waals surface area contributed by atoms with Crippen molar-refractivity contribution in [2.45, 2.75) is 18.9 Å². The van der Waals surface area contributed by atoms with E-state index >= 15 is 0 Å². The molecule has 3 saturated heterocycles. The molecule has 112 valence electrons. The molecule has 1 aromatic rings. The molecule has 21 heavy (non-hydrogen) atoms. The third-order valence-electron chi connectivity index (χ3n) is 4.22. The Morgan fingerprint density at radius 2 is 2.19 bits per heavy atom. The summed E-state index contributed by atoms with van der Waals surface area (Å²) in [4.78, 5) is 2.48. The highest BCUT2D eigenvalue weighted by molar-refractivity contribution is 7.80. The fraction of sp³-hybridized carbons (Fsp3) is 0.467. The maximum absolute atomic E-state index is 9.37. The molecular formula is C15H20N4OS. The van der Waals surface area contributed by atoms with E-state index < -0.39 is 0 Å². The summed E-state index contributed by atoms with van der Waals surface area (Å²) >= 11 is 5.29. The Hall–Kier alpha value is -1.66. The van der Waals surface area contributed by atoms with Crippen LogP contribution in [-0.4, -0.2) is 47.0 Å². The van der Waals surface area contributed by atoms with Crippen molar-refractivity contribution in [3.05, 3.63) is 29.8 Å². The number of aromatic hydroxyl groups is 1. The van der Waals surface area contributed by atoms with Crippen LogP contribution >= 0.6 is 12.2 Å². The highest BCUT2D eigenvalue weighted by Gasteiger charge is 2.34. The molecular weight excluding hydrogens is 284 g/mol. The molecule has 0 amide bonds. The van der Waals surface area contributed by atoms with Gasteiger partial charge in [0.25, 0.3) is 0 Å². The molecule has 1 atom stereocenters. The van der Waals surface area contributed by atoms with Crippen LogP contribution in [0.1, 0.15) is 18.4 Å². The van der Waals surface area contributed by atoms with E-state index in [1.165, 1.54) is 25.9 Å². The van der Waals surface area contributed by atoms with Gasteiger partial charge >= 0.3 is 0 Å². The Bertz CT molecular complexity index is 540. The number of nitrogens with zero attached hydrogens (tertiary/aromatic N) is 2. The van der Waals surface area contributed by atoms with Crippen LogP contribution in [0.5, 0.6) is 5.75 Å². The quantitative estimate of drug-likeness (QED) is 0.446. The summed E-state index contributed by atoms with van der Waals surface area (Å²) < 4.78 is 0. The summed E-state index contributed by atoms with van der Waals surface area (Å²) in [7, 11) is 0. The van der Waals surface area contributed by atoms with Crippen molar-refractivity contribution in [2.24, 2.45) is 11.0 Å². The first-order valence-corrected chi connectivity index (χ1v) is 7.72. The van der Waals surface area contributed by atoms with Crippen molar-refractivity contribution in [1.82, 2.24) is 15.6 Å². The number of hydrogen-bond donors (Lipinski definition) is 3. The summed E-state index contributed by atoms with van der Waals surface area (Å²) in [5, 5.41) is 17.4. The highest BCUT2D eigenvalue weighted by atomic mass is 32.1. The van der Waals surface area contributed by atoms with Crippen LogP contribution < -0.4 is 10.7 Å². The molecule has 4 rings (SSSR count). The largest absolute Gasteiger partial charge is 0.508 e. The lowest BCUT2D eigenvalue weighted by Crippen LogP contribution is -2.58. The number of nitrogens with one attached hydrogen (secondary N) is 2. The summed E-state index contributed by atoms with van der Waals surface area (Å²) in [5.41, 5.74) is 3.67. The molecule has 3 fully saturated rings. The summed E-state index contributed by atoms with van der Waals surface area (Å²) in [6, 6.07) is 7.36. The molecule has 6 heteroatoms. The lowest BCUT2D eigenvalue weighted by Gasteiger charge is -2.45. The van der Waals surface area contributed by atoms with Crippen molar-refractivity contribution in [2.75, 3.05) is 19.6 Å². The van der Waals surface area contributed by atoms with Gasteiger partial charge in [-0.25, -0.2) is 0 Å². The molecule has 0 saturated carbocycles. The SMILES string of the molecule is Oc1cccc(/C=N\NC(=S)N[C@H]2CN3CCC2CC3)c1. The first-order valence-electron chi connectivity index (χ1n) is 7.32. The smallest absolute Gasteiger partial charge is 0.187 e. The fourth-order valence-corrected chi connectivity index (χ4v) is 3.30. The van der Waals surface area contributed by atoms with Gasteiger partial charge in [-0.1, -0.05) is 12.1 Å². The zero-order chi connectivity index (χ0) is 14.7. The second-order valence-electron chi connectivity index (χ2n) is 5.68. The molecule has 3 N–H and O–H groups in total. The molecule has 0 aliphatic carbocycles. The molecule has 3 aliphatic heterocycles. The summed E-state index contributed by atoms with van der Waals surface area (Å²) in [6.45, 7) is 3.51. The molecule has 0 radical (unpaired) electrons. The normalized spacial score (nSPS) is 27.7. The topological polar surface area (TPSA) is 59.9 Å². The van der Waals surface area contributed by atoms with Gasteiger partial charge in [0.15, 0.2) is 5.11 Å². The predicted octanol–water partition coefficient (Wildman–Crippen LogP) is 1.28. The number of phenolic OH excluding ortho intramolecular Hbond substituents is 1. The number of hydrogen-bond acceptors (Lipinski definition) is 4. The van der Waals surface area contributed by atoms with Gasteiger partial charge in [0.1, 0.15) is 5.75 Å². The molecule has 0 spiro atoms. The molecule has 3 aliphatic rings. The first-order chi connectivity index (χ1) is 10.2. The second kappa shape index (κ2) is 6.41. The van der Waals surface area contributed by atoms with Crippen LogP contribution in [-0.2, 0) is 0 Å². The Morgan fingerprint density at radius 1 is 1.38 bits per heavy atom. The average Bonchev–Trinajstić information content (AvgIpc) is 2.48. The molecule has 0 unspecified atom stereocenters. The zero-order valence-electron chi connectivity index (χ0n) is 11.8. The van der Waals surface area contributed by atoms with Gasteiger partial charge in [-0.05, 0) is 61.8 Å². The minimum atomic E-state index is 0.229. The zero-order valence-corrected chi connectivity index (χ0v) is 12.6. The van der Waals surface area contributed by atoms with Crippen LogP contribution in [0.4, 0.5) is 0 Å². The molecule has 5 nitrogen and oxygen atoms in total. The third-order valence-corrected chi connectivity index (χ3v) is 4.43. The average molecular weight is 304 g/mol. The standard InChI is InChI=1S/C15H20N4OS/c20-13-3-1-2-11(8-13)9-16-18-15(21)17-14-10-19-6-4-12(14)5-7-19/h1-3,8-9,12,14,20H,4-7,10H2,(H2,17,18,21)/b16-9-/t14-/m0/s1. The maximum Gasteiger partial charge on any atom is 0.187 e. The predicted molar refractivity (Wildman–Crippen MR) is 87.5 cm³/mol. The summed E-state index contributed by atoms with van der Waals surface area (Å²) in [5.74, 6) is 0.955. The van der Waals surface area contributed by atoms with Crippen LogP contribution in [0.3, 0.4) is 0 Å². The second-order valence-corrected chi connectivity index (χ2v) is 6.09. The number of thiocarbonyl (C=S) groups is 1. The number of hydrazone groups is 1. The number of fused-ring (bicyclic) bond motifs is 3. The van der Waals surface area contributed by atoms with Crippen molar-refractivity contribution in [3.8, 4) is 5.75 Å². The Balaban J connectivity index is 1.48. The van der Waals surface area contributed by atoms with Gasteiger partial charge in [-0.15, -0.1) is 0 Å². The van der Waals surface area contributed by atoms with Crippen LogP contribution in [0, 0.1) is 5.92 Å². The van der Waals surface area contributed by atoms with Crippen molar-refractivity contribution in [3.63, 3.8) is 0 Å². The van der Waals surface area contributed by atoms with Gasteiger partial charge in [-0.3, -0.25) is 5.43 Å². The lowest BCUT2D eigenvalue weighted by molar-refractivity contribution is 0.0812. The first kappa shape index (κ1) is 14.3. The molecule has 0 aromatic heterocycles. The van der Waals surface area contributed by atoms with E-state index in [0.29, 0.717) is 11.2 Å². The van der Waals surface area contributed by atoms with Gasteiger partial charge < -0.3 is 15.3 Å². The van der Waals surface area contributed by atoms with Gasteiger partial charge in [0.2, 0.25) is 0 Å². The minimum absolute atomic E-state index is 0.229. The summed E-state index contributed by atoms with van der Waals surface area (Å²) in [6.07, 6.45) is 4.16. The fourth-order valence-electron chi connectivity index (χ4n) is 3.10. The van der Waals surface area contributed by atoms with E-state index in [2.05, 4.69) is 20.7 Å². The molecule has 3 heterocycles. The molecule has 1 aromatic carbocycles. The van der Waals surface area contributed by atoms with Gasteiger partial charge in [-0.2, -0.15) is 5.10 Å². The van der Waals surface area contributed by atoms with Crippen LogP contribution in [0.25, 0.3) is 0 Å². The van der Waals surface area contributed by atoms with E-state index in [4.69, 9.17) is 12.2 Å². The van der Waals surface area contributed by atoms with Gasteiger partial charge in [0.05, 0.1) is 6.21 Å². The monoisotopic (exact) mass is 304 g/mol. The van der Waals surface area contributed by atoms with Crippen molar-refractivity contribution >= 4 is 23.5 Å².